The van der Waals surface area contributed by atoms with Gasteiger partial charge >= 0.3 is 6.03 Å². The van der Waals surface area contributed by atoms with Crippen LogP contribution < -0.4 is 10.6 Å². The van der Waals surface area contributed by atoms with Gasteiger partial charge in [0.15, 0.2) is 0 Å². The lowest BCUT2D eigenvalue weighted by molar-refractivity contribution is -0.133. The van der Waals surface area contributed by atoms with E-state index in [1.807, 2.05) is 48.5 Å². The Morgan fingerprint density at radius 2 is 1.69 bits per heavy atom. The van der Waals surface area contributed by atoms with Gasteiger partial charge in [0.1, 0.15) is 12.1 Å². The zero-order chi connectivity index (χ0) is 21.2. The number of hydrogen-bond acceptors (Lipinski definition) is 3. The van der Waals surface area contributed by atoms with Gasteiger partial charge in [0.25, 0.3) is 5.91 Å². The van der Waals surface area contributed by atoms with Gasteiger partial charge in [0, 0.05) is 5.69 Å². The molecule has 29 heavy (non-hydrogen) atoms. The van der Waals surface area contributed by atoms with Crippen LogP contribution in [0.5, 0.6) is 0 Å². The molecule has 4 amide bonds. The number of rotatable bonds is 6. The van der Waals surface area contributed by atoms with E-state index in [2.05, 4.69) is 31.4 Å². The van der Waals surface area contributed by atoms with Crippen LogP contribution in [-0.2, 0) is 21.5 Å². The van der Waals surface area contributed by atoms with Crippen molar-refractivity contribution < 1.29 is 14.4 Å². The molecule has 1 saturated heterocycles. The van der Waals surface area contributed by atoms with Gasteiger partial charge in [-0.3, -0.25) is 14.5 Å². The van der Waals surface area contributed by atoms with E-state index in [1.165, 1.54) is 0 Å². The van der Waals surface area contributed by atoms with Crippen LogP contribution in [0.1, 0.15) is 50.3 Å². The Morgan fingerprint density at radius 3 is 2.24 bits per heavy atom. The maximum absolute atomic E-state index is 13.0. The van der Waals surface area contributed by atoms with Gasteiger partial charge in [0.05, 0.1) is 0 Å². The number of imide groups is 1. The lowest BCUT2D eigenvalue weighted by atomic mass is 9.90. The molecule has 0 spiro atoms. The smallest absolute Gasteiger partial charge is 0.325 e. The molecule has 3 rings (SSSR count). The number of aryl methyl sites for hydroxylation is 1. The molecule has 0 radical (unpaired) electrons. The van der Waals surface area contributed by atoms with Gasteiger partial charge in [-0.1, -0.05) is 57.2 Å². The van der Waals surface area contributed by atoms with Crippen LogP contribution in [0.3, 0.4) is 0 Å². The minimum Gasteiger partial charge on any atom is -0.325 e. The second-order valence-electron chi connectivity index (χ2n) is 7.82. The van der Waals surface area contributed by atoms with Gasteiger partial charge in [-0.15, -0.1) is 0 Å². The molecule has 0 bridgehead atoms. The predicted octanol–water partition coefficient (Wildman–Crippen LogP) is 3.78. The normalized spacial score (nSPS) is 18.9. The molecule has 6 heteroatoms. The van der Waals surface area contributed by atoms with E-state index >= 15 is 0 Å². The molecule has 0 unspecified atom stereocenters. The topological polar surface area (TPSA) is 78.5 Å². The number of hydrogen-bond donors (Lipinski definition) is 2. The highest BCUT2D eigenvalue weighted by molar-refractivity contribution is 6.10. The average molecular weight is 393 g/mol. The van der Waals surface area contributed by atoms with E-state index in [1.54, 1.807) is 6.92 Å². The summed E-state index contributed by atoms with van der Waals surface area (Å²) in [5.74, 6) is -0.481. The maximum atomic E-state index is 13.0. The zero-order valence-electron chi connectivity index (χ0n) is 17.3. The van der Waals surface area contributed by atoms with Crippen molar-refractivity contribution in [2.24, 2.45) is 0 Å². The number of urea groups is 1. The minimum atomic E-state index is -1.18. The minimum absolute atomic E-state index is 0.333. The number of nitrogens with one attached hydrogen (secondary N) is 2. The van der Waals surface area contributed by atoms with Gasteiger partial charge < -0.3 is 10.6 Å². The van der Waals surface area contributed by atoms with Crippen molar-refractivity contribution >= 4 is 23.5 Å². The van der Waals surface area contributed by atoms with Crippen LogP contribution in [0.25, 0.3) is 0 Å². The first kappa shape index (κ1) is 20.6. The van der Waals surface area contributed by atoms with E-state index in [9.17, 15) is 14.4 Å². The lowest BCUT2D eigenvalue weighted by Crippen LogP contribution is -2.42. The number of anilines is 1. The molecule has 1 aliphatic rings. The van der Waals surface area contributed by atoms with Crippen molar-refractivity contribution in [3.8, 4) is 0 Å². The Morgan fingerprint density at radius 1 is 1.07 bits per heavy atom. The molecule has 6 nitrogen and oxygen atoms in total. The standard InChI is InChI=1S/C23H27N3O3/c1-5-16-6-12-19(13-7-16)24-20(27)14-26-21(28)23(4,25-22(26)29)18-10-8-17(9-11-18)15(2)3/h6-13,15H,5,14H2,1-4H3,(H,24,27)(H,25,29)/t23-/m1/s1. The highest BCUT2D eigenvalue weighted by Gasteiger charge is 2.49. The monoisotopic (exact) mass is 393 g/mol. The number of amides is 4. The second kappa shape index (κ2) is 8.07. The van der Waals surface area contributed by atoms with Crippen LogP contribution in [-0.4, -0.2) is 29.3 Å². The number of benzene rings is 2. The van der Waals surface area contributed by atoms with E-state index in [0.29, 0.717) is 17.2 Å². The van der Waals surface area contributed by atoms with E-state index in [0.717, 1.165) is 22.4 Å². The zero-order valence-corrected chi connectivity index (χ0v) is 17.3. The highest BCUT2D eigenvalue weighted by atomic mass is 16.2. The van der Waals surface area contributed by atoms with Crippen LogP contribution in [0.4, 0.5) is 10.5 Å². The molecule has 2 aromatic carbocycles. The molecule has 0 aromatic heterocycles. The Kier molecular flexibility index (Phi) is 5.73. The largest absolute Gasteiger partial charge is 0.325 e. The molecule has 1 fully saturated rings. The Balaban J connectivity index is 1.71. The van der Waals surface area contributed by atoms with Crippen LogP contribution in [0.15, 0.2) is 48.5 Å². The fraction of sp³-hybridized carbons (Fsp3) is 0.348. The lowest BCUT2D eigenvalue weighted by Gasteiger charge is -2.22. The summed E-state index contributed by atoms with van der Waals surface area (Å²) in [6.45, 7) is 7.57. The molecule has 1 heterocycles. The van der Waals surface area contributed by atoms with Gasteiger partial charge in [-0.05, 0) is 48.1 Å². The second-order valence-corrected chi connectivity index (χ2v) is 7.82. The number of carbonyl (C=O) groups excluding carboxylic acids is 3. The quantitative estimate of drug-likeness (QED) is 0.733. The van der Waals surface area contributed by atoms with E-state index < -0.39 is 23.4 Å². The first-order chi connectivity index (χ1) is 13.7. The fourth-order valence-corrected chi connectivity index (χ4v) is 3.41. The van der Waals surface area contributed by atoms with Gasteiger partial charge in [-0.25, -0.2) is 4.79 Å². The highest BCUT2D eigenvalue weighted by Crippen LogP contribution is 2.30. The molecule has 152 valence electrons. The summed E-state index contributed by atoms with van der Waals surface area (Å²) < 4.78 is 0. The third-order valence-corrected chi connectivity index (χ3v) is 5.38. The van der Waals surface area contributed by atoms with Crippen molar-refractivity contribution in [2.75, 3.05) is 11.9 Å². The molecule has 0 saturated carbocycles. The SMILES string of the molecule is CCc1ccc(NC(=O)CN2C(=O)N[C@](C)(c3ccc(C(C)C)cc3)C2=O)cc1. The molecule has 0 aliphatic carbocycles. The van der Waals surface area contributed by atoms with E-state index in [-0.39, 0.29) is 6.54 Å². The van der Waals surface area contributed by atoms with Crippen molar-refractivity contribution in [2.45, 2.75) is 45.6 Å². The molecule has 1 atom stereocenters. The van der Waals surface area contributed by atoms with Gasteiger partial charge in [-0.2, -0.15) is 0 Å². The average Bonchev–Trinajstić information content (AvgIpc) is 2.92. The summed E-state index contributed by atoms with van der Waals surface area (Å²) in [7, 11) is 0. The third-order valence-electron chi connectivity index (χ3n) is 5.38. The maximum Gasteiger partial charge on any atom is 0.325 e. The van der Waals surface area contributed by atoms with E-state index in [4.69, 9.17) is 0 Å². The molecule has 2 N–H and O–H groups in total. The summed E-state index contributed by atoms with van der Waals surface area (Å²) >= 11 is 0. The summed E-state index contributed by atoms with van der Waals surface area (Å²) in [4.78, 5) is 38.8. The molecular weight excluding hydrogens is 366 g/mol. The number of nitrogens with zero attached hydrogens (tertiary/aromatic N) is 1. The van der Waals surface area contributed by atoms with Crippen LogP contribution in [0, 0.1) is 0 Å². The van der Waals surface area contributed by atoms with Crippen LogP contribution >= 0.6 is 0 Å². The molecular formula is C23H27N3O3. The van der Waals surface area contributed by atoms with Crippen molar-refractivity contribution in [3.63, 3.8) is 0 Å². The molecule has 1 aliphatic heterocycles. The van der Waals surface area contributed by atoms with Crippen molar-refractivity contribution in [1.29, 1.82) is 0 Å². The Labute approximate surface area is 171 Å². The summed E-state index contributed by atoms with van der Waals surface area (Å²) in [6, 6.07) is 14.5. The first-order valence-electron chi connectivity index (χ1n) is 9.88. The summed E-state index contributed by atoms with van der Waals surface area (Å²) in [5, 5.41) is 5.47. The van der Waals surface area contributed by atoms with Gasteiger partial charge in [0.2, 0.25) is 5.91 Å². The van der Waals surface area contributed by atoms with Crippen molar-refractivity contribution in [3.05, 3.63) is 65.2 Å². The van der Waals surface area contributed by atoms with Crippen molar-refractivity contribution in [1.82, 2.24) is 10.2 Å². The Hall–Kier alpha value is -3.15. The fourth-order valence-electron chi connectivity index (χ4n) is 3.41. The predicted molar refractivity (Wildman–Crippen MR) is 113 cm³/mol. The Bertz CT molecular complexity index is 919. The molecule has 2 aromatic rings. The summed E-state index contributed by atoms with van der Waals surface area (Å²) in [5.41, 5.74) is 2.45. The number of carbonyl (C=O) groups is 3. The first-order valence-corrected chi connectivity index (χ1v) is 9.88. The van der Waals surface area contributed by atoms with Crippen LogP contribution in [0.2, 0.25) is 0 Å². The summed E-state index contributed by atoms with van der Waals surface area (Å²) in [6.07, 6.45) is 0.910. The third kappa shape index (κ3) is 4.16.